The van der Waals surface area contributed by atoms with Crippen LogP contribution in [-0.4, -0.2) is 33.6 Å². The Hall–Kier alpha value is -2.11. The Morgan fingerprint density at radius 3 is 1.92 bits per heavy atom. The molecule has 0 N–H and O–H groups in total. The van der Waals surface area contributed by atoms with Crippen LogP contribution in [0.25, 0.3) is 0 Å². The maximum absolute atomic E-state index is 12.6. The van der Waals surface area contributed by atoms with E-state index in [0.29, 0.717) is 5.56 Å². The van der Waals surface area contributed by atoms with E-state index in [1.807, 2.05) is 25.5 Å². The minimum Gasteiger partial charge on any atom is -0.351 e. The second-order valence-electron chi connectivity index (χ2n) is 5.78. The van der Waals surface area contributed by atoms with Crippen LogP contribution in [0.15, 0.2) is 18.2 Å². The first-order chi connectivity index (χ1) is 11.2. The number of benzene rings is 1. The van der Waals surface area contributed by atoms with E-state index in [-0.39, 0.29) is 33.5 Å². The van der Waals surface area contributed by atoms with Gasteiger partial charge in [-0.2, -0.15) is 0 Å². The van der Waals surface area contributed by atoms with Crippen LogP contribution in [0.1, 0.15) is 42.5 Å². The summed E-state index contributed by atoms with van der Waals surface area (Å²) < 4.78 is 1.88. The number of Topliss-reactive ketones (excluding diaryl/α,β-unsaturated/α-hetero) is 1. The largest absolute Gasteiger partial charge is 0.351 e. The molecular formula is C17H14Cl2N2O3. The van der Waals surface area contributed by atoms with Gasteiger partial charge in [0, 0.05) is 24.0 Å². The van der Waals surface area contributed by atoms with E-state index < -0.39 is 11.8 Å². The average molecular weight is 365 g/mol. The van der Waals surface area contributed by atoms with Crippen LogP contribution in [-0.2, 0) is 7.05 Å². The molecule has 1 aliphatic heterocycles. The van der Waals surface area contributed by atoms with E-state index >= 15 is 0 Å². The summed E-state index contributed by atoms with van der Waals surface area (Å²) in [7, 11) is 1.85. The van der Waals surface area contributed by atoms with Crippen molar-refractivity contribution >= 4 is 40.8 Å². The number of aryl methyl sites for hydroxylation is 1. The molecule has 1 aromatic heterocycles. The minimum atomic E-state index is -0.535. The fourth-order valence-electron chi connectivity index (χ4n) is 2.79. The quantitative estimate of drug-likeness (QED) is 0.619. The molecule has 124 valence electrons. The number of hydrogen-bond acceptors (Lipinski definition) is 3. The molecule has 7 heteroatoms. The Morgan fingerprint density at radius 1 is 1.00 bits per heavy atom. The highest BCUT2D eigenvalue weighted by Crippen LogP contribution is 2.31. The topological polar surface area (TPSA) is 59.4 Å². The number of hydrogen-bond donors (Lipinski definition) is 0. The van der Waals surface area contributed by atoms with Crippen molar-refractivity contribution in [2.24, 2.45) is 7.05 Å². The van der Waals surface area contributed by atoms with Crippen LogP contribution < -0.4 is 0 Å². The van der Waals surface area contributed by atoms with E-state index in [1.165, 1.54) is 12.1 Å². The summed E-state index contributed by atoms with van der Waals surface area (Å²) in [5.41, 5.74) is 2.56. The molecular weight excluding hydrogens is 351 g/mol. The van der Waals surface area contributed by atoms with E-state index in [2.05, 4.69) is 0 Å². The van der Waals surface area contributed by atoms with Gasteiger partial charge in [0.25, 0.3) is 11.8 Å². The van der Waals surface area contributed by atoms with Crippen LogP contribution in [0.2, 0.25) is 10.0 Å². The second-order valence-corrected chi connectivity index (χ2v) is 6.59. The summed E-state index contributed by atoms with van der Waals surface area (Å²) in [4.78, 5) is 38.4. The second kappa shape index (κ2) is 5.76. The van der Waals surface area contributed by atoms with Gasteiger partial charge in [-0.3, -0.25) is 19.3 Å². The van der Waals surface area contributed by atoms with Gasteiger partial charge in [0.2, 0.25) is 0 Å². The lowest BCUT2D eigenvalue weighted by Gasteiger charge is -2.12. The number of aromatic nitrogens is 1. The van der Waals surface area contributed by atoms with Gasteiger partial charge in [-0.05, 0) is 32.0 Å². The number of carbonyl (C=O) groups excluding carboxylic acids is 3. The molecule has 0 aliphatic carbocycles. The molecule has 2 amide bonds. The molecule has 5 nitrogen and oxygen atoms in total. The standard InChI is InChI=1S/C17H14Cl2N2O3/c1-8-4-10(9(2)20(8)3)15(22)7-21-16(23)11-5-13(18)14(19)6-12(11)17(21)24/h4-6H,7H2,1-3H3. The highest BCUT2D eigenvalue weighted by Gasteiger charge is 2.37. The molecule has 1 aliphatic rings. The first-order valence-corrected chi connectivity index (χ1v) is 7.99. The van der Waals surface area contributed by atoms with Crippen molar-refractivity contribution in [3.63, 3.8) is 0 Å². The third-order valence-electron chi connectivity index (χ3n) is 4.39. The summed E-state index contributed by atoms with van der Waals surface area (Å²) in [6, 6.07) is 4.48. The molecule has 1 aromatic carbocycles. The van der Waals surface area contributed by atoms with Crippen LogP contribution in [0.3, 0.4) is 0 Å². The number of ketones is 1. The van der Waals surface area contributed by atoms with Crippen molar-refractivity contribution in [3.05, 3.63) is 56.3 Å². The van der Waals surface area contributed by atoms with Crippen molar-refractivity contribution in [2.75, 3.05) is 6.54 Å². The first kappa shape index (κ1) is 16.7. The Morgan fingerprint density at radius 2 is 1.50 bits per heavy atom. The summed E-state index contributed by atoms with van der Waals surface area (Å²) in [6.45, 7) is 3.39. The number of halogens is 2. The molecule has 0 saturated heterocycles. The Labute approximate surface area is 148 Å². The summed E-state index contributed by atoms with van der Waals surface area (Å²) in [6.07, 6.45) is 0. The maximum atomic E-state index is 12.6. The number of fused-ring (bicyclic) bond motifs is 1. The molecule has 0 atom stereocenters. The molecule has 0 radical (unpaired) electrons. The van der Waals surface area contributed by atoms with E-state index in [1.54, 1.807) is 6.07 Å². The number of amides is 2. The zero-order valence-corrected chi connectivity index (χ0v) is 14.8. The zero-order valence-electron chi connectivity index (χ0n) is 13.3. The fraction of sp³-hybridized carbons (Fsp3) is 0.235. The summed E-state index contributed by atoms with van der Waals surface area (Å²) in [5.74, 6) is -1.36. The predicted molar refractivity (Wildman–Crippen MR) is 91.0 cm³/mol. The number of carbonyl (C=O) groups is 3. The molecule has 3 rings (SSSR count). The third-order valence-corrected chi connectivity index (χ3v) is 5.11. The van der Waals surface area contributed by atoms with E-state index in [0.717, 1.165) is 16.3 Å². The lowest BCUT2D eigenvalue weighted by Crippen LogP contribution is -2.35. The monoisotopic (exact) mass is 364 g/mol. The van der Waals surface area contributed by atoms with Crippen molar-refractivity contribution in [1.29, 1.82) is 0 Å². The highest BCUT2D eigenvalue weighted by molar-refractivity contribution is 6.43. The van der Waals surface area contributed by atoms with Crippen LogP contribution in [0, 0.1) is 13.8 Å². The van der Waals surface area contributed by atoms with E-state index in [9.17, 15) is 14.4 Å². The highest BCUT2D eigenvalue weighted by atomic mass is 35.5. The molecule has 0 saturated carbocycles. The zero-order chi connectivity index (χ0) is 17.8. The van der Waals surface area contributed by atoms with Crippen LogP contribution in [0.5, 0.6) is 0 Å². The fourth-order valence-corrected chi connectivity index (χ4v) is 3.12. The van der Waals surface area contributed by atoms with Gasteiger partial charge in [-0.15, -0.1) is 0 Å². The Balaban J connectivity index is 1.92. The van der Waals surface area contributed by atoms with Gasteiger partial charge in [-0.1, -0.05) is 23.2 Å². The molecule has 0 bridgehead atoms. The van der Waals surface area contributed by atoms with Crippen molar-refractivity contribution in [2.45, 2.75) is 13.8 Å². The van der Waals surface area contributed by atoms with Gasteiger partial charge in [0.15, 0.2) is 5.78 Å². The van der Waals surface area contributed by atoms with Crippen molar-refractivity contribution < 1.29 is 14.4 Å². The Kier molecular flexibility index (Phi) is 4.01. The van der Waals surface area contributed by atoms with Crippen molar-refractivity contribution in [3.8, 4) is 0 Å². The van der Waals surface area contributed by atoms with Gasteiger partial charge in [0.1, 0.15) is 0 Å². The molecule has 2 aromatic rings. The third kappa shape index (κ3) is 2.44. The predicted octanol–water partition coefficient (Wildman–Crippen LogP) is 3.43. The van der Waals surface area contributed by atoms with Crippen LogP contribution >= 0.6 is 23.2 Å². The lowest BCUT2D eigenvalue weighted by atomic mass is 10.1. The lowest BCUT2D eigenvalue weighted by molar-refractivity contribution is 0.0624. The van der Waals surface area contributed by atoms with E-state index in [4.69, 9.17) is 23.2 Å². The van der Waals surface area contributed by atoms with Gasteiger partial charge < -0.3 is 4.57 Å². The molecule has 24 heavy (non-hydrogen) atoms. The normalized spacial score (nSPS) is 13.6. The first-order valence-electron chi connectivity index (χ1n) is 7.23. The van der Waals surface area contributed by atoms with Gasteiger partial charge >= 0.3 is 0 Å². The van der Waals surface area contributed by atoms with Gasteiger partial charge in [-0.25, -0.2) is 0 Å². The van der Waals surface area contributed by atoms with Gasteiger partial charge in [0.05, 0.1) is 27.7 Å². The minimum absolute atomic E-state index is 0.170. The summed E-state index contributed by atoms with van der Waals surface area (Å²) in [5, 5.41) is 0.388. The maximum Gasteiger partial charge on any atom is 0.262 e. The number of rotatable bonds is 3. The molecule has 2 heterocycles. The number of nitrogens with zero attached hydrogens (tertiary/aromatic N) is 2. The molecule has 0 spiro atoms. The SMILES string of the molecule is Cc1cc(C(=O)CN2C(=O)c3cc(Cl)c(Cl)cc3C2=O)c(C)n1C. The molecule has 0 unspecified atom stereocenters. The Bertz CT molecular complexity index is 874. The number of imide groups is 1. The smallest absolute Gasteiger partial charge is 0.262 e. The van der Waals surface area contributed by atoms with Crippen molar-refractivity contribution in [1.82, 2.24) is 9.47 Å². The molecule has 0 fully saturated rings. The average Bonchev–Trinajstić information content (AvgIpc) is 2.91. The van der Waals surface area contributed by atoms with Crippen LogP contribution in [0.4, 0.5) is 0 Å². The summed E-state index contributed by atoms with van der Waals surface area (Å²) >= 11 is 11.8.